The molecule has 0 bridgehead atoms. The molecule has 24 heavy (non-hydrogen) atoms. The van der Waals surface area contributed by atoms with Crippen LogP contribution in [0.1, 0.15) is 22.7 Å². The fraction of sp³-hybridized carbons (Fsp3) is 0.300. The number of phenols is 1. The van der Waals surface area contributed by atoms with E-state index < -0.39 is 0 Å². The summed E-state index contributed by atoms with van der Waals surface area (Å²) >= 11 is 0. The van der Waals surface area contributed by atoms with Crippen molar-refractivity contribution in [2.24, 2.45) is 7.05 Å². The summed E-state index contributed by atoms with van der Waals surface area (Å²) in [4.78, 5) is 2.32. The maximum Gasteiger partial charge on any atom is 0.121 e. The molecule has 0 radical (unpaired) electrons. The van der Waals surface area contributed by atoms with Crippen molar-refractivity contribution < 1.29 is 9.84 Å². The molecule has 4 nitrogen and oxygen atoms in total. The smallest absolute Gasteiger partial charge is 0.121 e. The summed E-state index contributed by atoms with van der Waals surface area (Å²) in [6.45, 7) is 0.948. The van der Waals surface area contributed by atoms with E-state index in [2.05, 4.69) is 41.9 Å². The van der Waals surface area contributed by atoms with E-state index in [4.69, 9.17) is 4.74 Å². The molecule has 1 unspecified atom stereocenters. The highest BCUT2D eigenvalue weighted by molar-refractivity contribution is 5.90. The predicted octanol–water partition coefficient (Wildman–Crippen LogP) is 3.47. The molecule has 0 saturated heterocycles. The van der Waals surface area contributed by atoms with Gasteiger partial charge in [0.2, 0.25) is 0 Å². The quantitative estimate of drug-likeness (QED) is 0.785. The Kier molecular flexibility index (Phi) is 3.50. The van der Waals surface area contributed by atoms with Crippen molar-refractivity contribution in [1.82, 2.24) is 9.47 Å². The third-order valence-corrected chi connectivity index (χ3v) is 5.13. The molecule has 1 atom stereocenters. The largest absolute Gasteiger partial charge is 0.508 e. The van der Waals surface area contributed by atoms with E-state index >= 15 is 0 Å². The number of benzene rings is 2. The minimum Gasteiger partial charge on any atom is -0.508 e. The molecule has 3 aromatic rings. The van der Waals surface area contributed by atoms with Gasteiger partial charge in [-0.3, -0.25) is 4.90 Å². The average Bonchev–Trinajstić information content (AvgIpc) is 2.83. The van der Waals surface area contributed by atoms with Gasteiger partial charge in [0.05, 0.1) is 13.2 Å². The Hall–Kier alpha value is -2.46. The van der Waals surface area contributed by atoms with Crippen molar-refractivity contribution in [2.45, 2.75) is 12.5 Å². The summed E-state index contributed by atoms with van der Waals surface area (Å²) < 4.78 is 7.44. The first-order valence-electron chi connectivity index (χ1n) is 8.24. The first-order chi connectivity index (χ1) is 11.6. The lowest BCUT2D eigenvalue weighted by Crippen LogP contribution is -2.26. The molecule has 1 aromatic heterocycles. The number of likely N-dealkylation sites (N-methyl/N-ethyl adjacent to an activating group) is 1. The Labute approximate surface area is 141 Å². The molecule has 1 aliphatic rings. The van der Waals surface area contributed by atoms with Crippen LogP contribution in [0.3, 0.4) is 0 Å². The molecule has 124 valence electrons. The number of phenolic OH excluding ortho intramolecular Hbond substituents is 1. The zero-order valence-corrected chi connectivity index (χ0v) is 14.3. The average molecular weight is 322 g/mol. The second-order valence-corrected chi connectivity index (χ2v) is 6.56. The fourth-order valence-corrected chi connectivity index (χ4v) is 3.92. The molecule has 4 rings (SSSR count). The monoisotopic (exact) mass is 322 g/mol. The van der Waals surface area contributed by atoms with Crippen LogP contribution in [0.2, 0.25) is 0 Å². The van der Waals surface area contributed by atoms with Crippen LogP contribution in [0.4, 0.5) is 0 Å². The van der Waals surface area contributed by atoms with E-state index in [1.54, 1.807) is 7.11 Å². The highest BCUT2D eigenvalue weighted by Crippen LogP contribution is 2.42. The highest BCUT2D eigenvalue weighted by Gasteiger charge is 2.29. The molecule has 0 aliphatic carbocycles. The fourth-order valence-electron chi connectivity index (χ4n) is 3.92. The highest BCUT2D eigenvalue weighted by atomic mass is 16.5. The van der Waals surface area contributed by atoms with E-state index in [1.807, 2.05) is 24.3 Å². The second-order valence-electron chi connectivity index (χ2n) is 6.56. The number of aromatic nitrogens is 1. The third kappa shape index (κ3) is 2.18. The zero-order valence-electron chi connectivity index (χ0n) is 14.3. The lowest BCUT2D eigenvalue weighted by Gasteiger charge is -2.28. The van der Waals surface area contributed by atoms with Crippen molar-refractivity contribution in [3.63, 3.8) is 0 Å². The maximum atomic E-state index is 10.7. The molecule has 2 heterocycles. The first kappa shape index (κ1) is 15.1. The number of nitrogens with zero attached hydrogens (tertiary/aromatic N) is 2. The summed E-state index contributed by atoms with van der Waals surface area (Å²) in [5.74, 6) is 1.21. The van der Waals surface area contributed by atoms with Crippen LogP contribution in [0, 0.1) is 0 Å². The number of methoxy groups -OCH3 is 1. The standard InChI is InChI=1S/C20H22N2O2/c1-21-11-10-14-12-22(2)16-8-9-17(23)19(18(14)16)20(21)13-4-6-15(24-3)7-5-13/h4-9,12,20,23H,10-11H2,1-3H3. The van der Waals surface area contributed by atoms with Crippen LogP contribution in [0.25, 0.3) is 10.9 Å². The third-order valence-electron chi connectivity index (χ3n) is 5.13. The van der Waals surface area contributed by atoms with E-state index in [0.717, 1.165) is 29.8 Å². The van der Waals surface area contributed by atoms with Gasteiger partial charge >= 0.3 is 0 Å². The van der Waals surface area contributed by atoms with E-state index in [1.165, 1.54) is 16.5 Å². The van der Waals surface area contributed by atoms with Crippen molar-refractivity contribution in [3.05, 3.63) is 59.3 Å². The van der Waals surface area contributed by atoms with Gasteiger partial charge in [0.25, 0.3) is 0 Å². The Morgan fingerprint density at radius 3 is 2.54 bits per heavy atom. The minimum atomic E-state index is 0.0308. The summed E-state index contributed by atoms with van der Waals surface area (Å²) in [6.07, 6.45) is 3.18. The number of aryl methyl sites for hydroxylation is 1. The number of ether oxygens (including phenoxy) is 1. The van der Waals surface area contributed by atoms with Crippen LogP contribution >= 0.6 is 0 Å². The van der Waals surface area contributed by atoms with Crippen molar-refractivity contribution >= 4 is 10.9 Å². The van der Waals surface area contributed by atoms with Crippen LogP contribution in [-0.4, -0.2) is 35.3 Å². The van der Waals surface area contributed by atoms with Gasteiger partial charge < -0.3 is 14.4 Å². The molecule has 1 N–H and O–H groups in total. The van der Waals surface area contributed by atoms with Gasteiger partial charge in [-0.1, -0.05) is 12.1 Å². The maximum absolute atomic E-state index is 10.7. The SMILES string of the molecule is COc1ccc(C2c3c(O)ccc4c3c(cn4C)CCN2C)cc1. The van der Waals surface area contributed by atoms with Gasteiger partial charge in [0, 0.05) is 36.3 Å². The first-order valence-corrected chi connectivity index (χ1v) is 8.24. The Morgan fingerprint density at radius 2 is 1.83 bits per heavy atom. The van der Waals surface area contributed by atoms with Crippen LogP contribution in [-0.2, 0) is 13.5 Å². The molecule has 2 aromatic carbocycles. The van der Waals surface area contributed by atoms with E-state index in [9.17, 15) is 5.11 Å². The predicted molar refractivity (Wildman–Crippen MR) is 95.8 cm³/mol. The summed E-state index contributed by atoms with van der Waals surface area (Å²) in [6, 6.07) is 12.0. The number of aromatic hydroxyl groups is 1. The molecule has 0 fully saturated rings. The van der Waals surface area contributed by atoms with Crippen molar-refractivity contribution in [3.8, 4) is 11.5 Å². The van der Waals surface area contributed by atoms with Gasteiger partial charge in [-0.05, 0) is 48.9 Å². The summed E-state index contributed by atoms with van der Waals surface area (Å²) in [5.41, 5.74) is 4.65. The molecular weight excluding hydrogens is 300 g/mol. The number of rotatable bonds is 2. The van der Waals surface area contributed by atoms with E-state index in [0.29, 0.717) is 5.75 Å². The number of hydrogen-bond acceptors (Lipinski definition) is 3. The minimum absolute atomic E-state index is 0.0308. The molecule has 0 amide bonds. The van der Waals surface area contributed by atoms with Gasteiger partial charge in [-0.15, -0.1) is 0 Å². The van der Waals surface area contributed by atoms with Gasteiger partial charge in [0.15, 0.2) is 0 Å². The van der Waals surface area contributed by atoms with Crippen LogP contribution in [0.5, 0.6) is 11.5 Å². The Bertz CT molecular complexity index is 896. The van der Waals surface area contributed by atoms with Crippen LogP contribution < -0.4 is 4.74 Å². The Balaban J connectivity index is 1.97. The normalized spacial score (nSPS) is 17.9. The topological polar surface area (TPSA) is 37.6 Å². The van der Waals surface area contributed by atoms with Gasteiger partial charge in [-0.2, -0.15) is 0 Å². The molecule has 0 saturated carbocycles. The van der Waals surface area contributed by atoms with Crippen molar-refractivity contribution in [1.29, 1.82) is 0 Å². The molecule has 4 heteroatoms. The molecular formula is C20H22N2O2. The molecule has 1 aliphatic heterocycles. The Morgan fingerprint density at radius 1 is 1.08 bits per heavy atom. The van der Waals surface area contributed by atoms with Crippen molar-refractivity contribution in [2.75, 3.05) is 20.7 Å². The summed E-state index contributed by atoms with van der Waals surface area (Å²) in [5, 5.41) is 11.9. The number of hydrogen-bond donors (Lipinski definition) is 1. The summed E-state index contributed by atoms with van der Waals surface area (Å²) in [7, 11) is 5.87. The van der Waals surface area contributed by atoms with Gasteiger partial charge in [0.1, 0.15) is 11.5 Å². The van der Waals surface area contributed by atoms with Crippen LogP contribution in [0.15, 0.2) is 42.6 Å². The molecule has 0 spiro atoms. The second kappa shape index (κ2) is 5.56. The zero-order chi connectivity index (χ0) is 16.8. The van der Waals surface area contributed by atoms with E-state index in [-0.39, 0.29) is 6.04 Å². The van der Waals surface area contributed by atoms with Gasteiger partial charge in [-0.25, -0.2) is 0 Å². The lowest BCUT2D eigenvalue weighted by molar-refractivity contribution is 0.282. The lowest BCUT2D eigenvalue weighted by atomic mass is 9.93.